The van der Waals surface area contributed by atoms with Crippen molar-refractivity contribution in [2.75, 3.05) is 14.1 Å². The van der Waals surface area contributed by atoms with Crippen LogP contribution in [0.2, 0.25) is 0 Å². The highest BCUT2D eigenvalue weighted by atomic mass is 35.5. The zero-order valence-corrected chi connectivity index (χ0v) is 13.2. The van der Waals surface area contributed by atoms with Crippen LogP contribution in [0.15, 0.2) is 54.7 Å². The van der Waals surface area contributed by atoms with Gasteiger partial charge in [0.2, 0.25) is 5.91 Å². The predicted molar refractivity (Wildman–Crippen MR) is 87.9 cm³/mol. The molecule has 112 valence electrons. The number of rotatable bonds is 3. The Balaban J connectivity index is 2.24. The second-order valence-electron chi connectivity index (χ2n) is 5.24. The largest absolute Gasteiger partial charge is 0.347 e. The highest BCUT2D eigenvalue weighted by molar-refractivity contribution is 6.31. The van der Waals surface area contributed by atoms with E-state index in [-0.39, 0.29) is 5.91 Å². The van der Waals surface area contributed by atoms with Crippen molar-refractivity contribution < 1.29 is 4.79 Å². The fraction of sp³-hybridized carbons (Fsp3) is 0.176. The summed E-state index contributed by atoms with van der Waals surface area (Å²) >= 11 is 6.48. The first-order valence-electron chi connectivity index (χ1n) is 6.97. The smallest absolute Gasteiger partial charge is 0.246 e. The maximum Gasteiger partial charge on any atom is 0.246 e. The van der Waals surface area contributed by atoms with Crippen LogP contribution >= 0.6 is 11.6 Å². The number of imidazole rings is 1. The van der Waals surface area contributed by atoms with E-state index in [0.29, 0.717) is 5.69 Å². The van der Waals surface area contributed by atoms with E-state index in [0.717, 1.165) is 16.9 Å². The van der Waals surface area contributed by atoms with Crippen LogP contribution in [0.4, 0.5) is 0 Å². The molecule has 0 fully saturated rings. The third-order valence-electron chi connectivity index (χ3n) is 3.51. The van der Waals surface area contributed by atoms with E-state index < -0.39 is 5.38 Å². The van der Waals surface area contributed by atoms with Crippen molar-refractivity contribution in [1.29, 1.82) is 0 Å². The van der Waals surface area contributed by atoms with Crippen LogP contribution in [0.25, 0.3) is 16.9 Å². The van der Waals surface area contributed by atoms with Gasteiger partial charge in [0.15, 0.2) is 5.38 Å². The molecule has 1 unspecified atom stereocenters. The van der Waals surface area contributed by atoms with Crippen molar-refractivity contribution in [2.45, 2.75) is 5.38 Å². The summed E-state index contributed by atoms with van der Waals surface area (Å²) in [5, 5.41) is -0.789. The summed E-state index contributed by atoms with van der Waals surface area (Å²) in [6.07, 6.45) is 1.88. The second kappa shape index (κ2) is 5.81. The van der Waals surface area contributed by atoms with Crippen molar-refractivity contribution in [3.05, 3.63) is 60.4 Å². The molecule has 0 spiro atoms. The molecule has 0 radical (unpaired) electrons. The molecule has 0 aliphatic rings. The minimum atomic E-state index is -0.789. The molecule has 0 bridgehead atoms. The molecule has 22 heavy (non-hydrogen) atoms. The predicted octanol–water partition coefficient (Wildman–Crippen LogP) is 3.37. The number of amides is 1. The summed E-state index contributed by atoms with van der Waals surface area (Å²) in [7, 11) is 3.40. The summed E-state index contributed by atoms with van der Waals surface area (Å²) in [5.41, 5.74) is 3.15. The van der Waals surface area contributed by atoms with Gasteiger partial charge in [-0.1, -0.05) is 36.4 Å². The van der Waals surface area contributed by atoms with Gasteiger partial charge >= 0.3 is 0 Å². The molecule has 5 heteroatoms. The highest BCUT2D eigenvalue weighted by Gasteiger charge is 2.27. The molecule has 1 amide bonds. The highest BCUT2D eigenvalue weighted by Crippen LogP contribution is 2.33. The van der Waals surface area contributed by atoms with E-state index in [1.54, 1.807) is 14.1 Å². The second-order valence-corrected chi connectivity index (χ2v) is 5.67. The van der Waals surface area contributed by atoms with Crippen LogP contribution in [0.5, 0.6) is 0 Å². The van der Waals surface area contributed by atoms with Crippen LogP contribution < -0.4 is 0 Å². The molecule has 2 aromatic heterocycles. The molecular weight excluding hydrogens is 298 g/mol. The Morgan fingerprint density at radius 2 is 1.82 bits per heavy atom. The Hall–Kier alpha value is -2.33. The SMILES string of the molecule is CN(C)C(=O)C(Cl)c1c(-c2ccccc2)nc2ccccn12. The summed E-state index contributed by atoms with van der Waals surface area (Å²) < 4.78 is 1.88. The standard InChI is InChI=1S/C17H16ClN3O/c1-20(2)17(22)14(18)16-15(12-8-4-3-5-9-12)19-13-10-6-7-11-21(13)16/h3-11,14H,1-2H3. The Morgan fingerprint density at radius 1 is 1.14 bits per heavy atom. The van der Waals surface area contributed by atoms with Crippen molar-refractivity contribution in [3.63, 3.8) is 0 Å². The number of aromatic nitrogens is 2. The Morgan fingerprint density at radius 3 is 2.50 bits per heavy atom. The van der Waals surface area contributed by atoms with E-state index in [2.05, 4.69) is 4.98 Å². The maximum atomic E-state index is 12.3. The van der Waals surface area contributed by atoms with E-state index >= 15 is 0 Å². The molecule has 1 atom stereocenters. The van der Waals surface area contributed by atoms with Gasteiger partial charge in [-0.3, -0.25) is 4.79 Å². The fourth-order valence-electron chi connectivity index (χ4n) is 2.41. The van der Waals surface area contributed by atoms with Gasteiger partial charge < -0.3 is 9.30 Å². The summed E-state index contributed by atoms with van der Waals surface area (Å²) in [4.78, 5) is 18.5. The lowest BCUT2D eigenvalue weighted by Crippen LogP contribution is -2.26. The normalized spacial score (nSPS) is 12.3. The van der Waals surface area contributed by atoms with Gasteiger partial charge in [-0.05, 0) is 12.1 Å². The monoisotopic (exact) mass is 313 g/mol. The third kappa shape index (κ3) is 2.46. The number of hydrogen-bond acceptors (Lipinski definition) is 2. The summed E-state index contributed by atoms with van der Waals surface area (Å²) in [5.74, 6) is -0.162. The van der Waals surface area contributed by atoms with E-state index in [1.807, 2.05) is 59.1 Å². The number of carbonyl (C=O) groups excluding carboxylic acids is 1. The zero-order valence-electron chi connectivity index (χ0n) is 12.4. The Kier molecular flexibility index (Phi) is 3.86. The van der Waals surface area contributed by atoms with Gasteiger partial charge in [-0.25, -0.2) is 4.98 Å². The average Bonchev–Trinajstić information content (AvgIpc) is 2.93. The topological polar surface area (TPSA) is 37.6 Å². The number of carbonyl (C=O) groups is 1. The van der Waals surface area contributed by atoms with Gasteiger partial charge in [0.05, 0.1) is 11.4 Å². The number of halogens is 1. The van der Waals surface area contributed by atoms with E-state index in [1.165, 1.54) is 4.90 Å². The maximum absolute atomic E-state index is 12.3. The van der Waals surface area contributed by atoms with Gasteiger partial charge in [-0.15, -0.1) is 11.6 Å². The first-order valence-corrected chi connectivity index (χ1v) is 7.41. The van der Waals surface area contributed by atoms with Gasteiger partial charge in [-0.2, -0.15) is 0 Å². The molecule has 4 nitrogen and oxygen atoms in total. The number of hydrogen-bond donors (Lipinski definition) is 0. The number of nitrogens with zero attached hydrogens (tertiary/aromatic N) is 3. The minimum Gasteiger partial charge on any atom is -0.347 e. The van der Waals surface area contributed by atoms with Gasteiger partial charge in [0.25, 0.3) is 0 Å². The zero-order chi connectivity index (χ0) is 15.7. The fourth-order valence-corrected chi connectivity index (χ4v) is 2.81. The first kappa shape index (κ1) is 14.6. The molecular formula is C17H16ClN3O. The van der Waals surface area contributed by atoms with Crippen molar-refractivity contribution in [1.82, 2.24) is 14.3 Å². The average molecular weight is 314 g/mol. The third-order valence-corrected chi connectivity index (χ3v) is 3.91. The van der Waals surface area contributed by atoms with E-state index in [9.17, 15) is 4.79 Å². The van der Waals surface area contributed by atoms with Crippen molar-refractivity contribution in [2.24, 2.45) is 0 Å². The lowest BCUT2D eigenvalue weighted by atomic mass is 10.1. The number of pyridine rings is 1. The van der Waals surface area contributed by atoms with E-state index in [4.69, 9.17) is 11.6 Å². The van der Waals surface area contributed by atoms with Crippen molar-refractivity contribution >= 4 is 23.2 Å². The first-order chi connectivity index (χ1) is 10.6. The summed E-state index contributed by atoms with van der Waals surface area (Å²) in [6.45, 7) is 0. The quantitative estimate of drug-likeness (QED) is 0.695. The van der Waals surface area contributed by atoms with Gasteiger partial charge in [0, 0.05) is 25.9 Å². The number of benzene rings is 1. The molecule has 0 aliphatic heterocycles. The molecule has 0 saturated carbocycles. The lowest BCUT2D eigenvalue weighted by molar-refractivity contribution is -0.128. The van der Waals surface area contributed by atoms with Crippen LogP contribution in [-0.2, 0) is 4.79 Å². The minimum absolute atomic E-state index is 0.162. The Bertz CT molecular complexity index is 811. The van der Waals surface area contributed by atoms with Crippen LogP contribution in [-0.4, -0.2) is 34.3 Å². The molecule has 0 N–H and O–H groups in total. The number of likely N-dealkylation sites (N-methyl/N-ethyl adjacent to an activating group) is 1. The van der Waals surface area contributed by atoms with Crippen molar-refractivity contribution in [3.8, 4) is 11.3 Å². The number of alkyl halides is 1. The van der Waals surface area contributed by atoms with Crippen LogP contribution in [0.3, 0.4) is 0 Å². The van der Waals surface area contributed by atoms with Gasteiger partial charge in [0.1, 0.15) is 5.65 Å². The molecule has 1 aromatic carbocycles. The molecule has 2 heterocycles. The molecule has 0 aliphatic carbocycles. The lowest BCUT2D eigenvalue weighted by Gasteiger charge is -2.16. The molecule has 0 saturated heterocycles. The number of fused-ring (bicyclic) bond motifs is 1. The Labute approximate surface area is 134 Å². The summed E-state index contributed by atoms with van der Waals surface area (Å²) in [6, 6.07) is 15.5. The van der Waals surface area contributed by atoms with Crippen LogP contribution in [0.1, 0.15) is 11.1 Å². The molecule has 3 aromatic rings. The van der Waals surface area contributed by atoms with Crippen LogP contribution in [0, 0.1) is 0 Å². The molecule has 3 rings (SSSR count).